The second-order valence-corrected chi connectivity index (χ2v) is 8.43. The molecule has 2 unspecified atom stereocenters. The Kier molecular flexibility index (Phi) is 6.70. The van der Waals surface area contributed by atoms with Crippen molar-refractivity contribution in [2.45, 2.75) is 24.5 Å². The van der Waals surface area contributed by atoms with Gasteiger partial charge in [-0.2, -0.15) is 0 Å². The first-order valence-corrected chi connectivity index (χ1v) is 11.0. The number of carbonyl (C=O) groups is 1. The number of benzene rings is 3. The van der Waals surface area contributed by atoms with Crippen LogP contribution in [0.3, 0.4) is 0 Å². The summed E-state index contributed by atoms with van der Waals surface area (Å²) in [6, 6.07) is 23.5. The van der Waals surface area contributed by atoms with Gasteiger partial charge in [0.15, 0.2) is 0 Å². The fourth-order valence-electron chi connectivity index (χ4n) is 4.05. The number of ether oxygens (including phenoxy) is 1. The van der Waals surface area contributed by atoms with Gasteiger partial charge in [0.05, 0.1) is 6.10 Å². The molecule has 1 amide bonds. The maximum Gasteiger partial charge on any atom is 0.407 e. The van der Waals surface area contributed by atoms with Gasteiger partial charge in [-0.05, 0) is 40.3 Å². The van der Waals surface area contributed by atoms with E-state index < -0.39 is 18.3 Å². The molecule has 31 heavy (non-hydrogen) atoms. The molecule has 160 valence electrons. The van der Waals surface area contributed by atoms with Gasteiger partial charge in [-0.1, -0.05) is 82.7 Å². The van der Waals surface area contributed by atoms with Gasteiger partial charge in [-0.15, -0.1) is 0 Å². The standard InChI is InChI=1S/C25H24BrNO4/c26-22-12-6-5-11-20(22)24(29)23(28)13-14-27-25(30)31-15-21-18-9-3-1-7-16(18)17-8-2-4-10-19(17)21/h1-12,21,23-24,28-29H,13-15H2,(H,27,30). The van der Waals surface area contributed by atoms with Crippen molar-refractivity contribution in [2.24, 2.45) is 0 Å². The van der Waals surface area contributed by atoms with Gasteiger partial charge in [-0.25, -0.2) is 4.79 Å². The van der Waals surface area contributed by atoms with Crippen LogP contribution in [0.5, 0.6) is 0 Å². The van der Waals surface area contributed by atoms with Crippen molar-refractivity contribution in [1.29, 1.82) is 0 Å². The lowest BCUT2D eigenvalue weighted by Crippen LogP contribution is -2.30. The normalized spacial score (nSPS) is 14.4. The van der Waals surface area contributed by atoms with E-state index in [4.69, 9.17) is 4.74 Å². The van der Waals surface area contributed by atoms with E-state index in [9.17, 15) is 15.0 Å². The number of nitrogens with one attached hydrogen (secondary N) is 1. The van der Waals surface area contributed by atoms with E-state index in [2.05, 4.69) is 45.5 Å². The summed E-state index contributed by atoms with van der Waals surface area (Å²) in [6.45, 7) is 0.432. The highest BCUT2D eigenvalue weighted by Crippen LogP contribution is 2.44. The molecule has 2 atom stereocenters. The number of fused-ring (bicyclic) bond motifs is 3. The van der Waals surface area contributed by atoms with E-state index >= 15 is 0 Å². The highest BCUT2D eigenvalue weighted by atomic mass is 79.9. The minimum atomic E-state index is -1.04. The van der Waals surface area contributed by atoms with Gasteiger partial charge in [0, 0.05) is 16.9 Å². The molecule has 0 aliphatic heterocycles. The van der Waals surface area contributed by atoms with Crippen molar-refractivity contribution < 1.29 is 19.7 Å². The quantitative estimate of drug-likeness (QED) is 0.453. The summed E-state index contributed by atoms with van der Waals surface area (Å²) in [5.74, 6) is 0.000920. The van der Waals surface area contributed by atoms with Crippen molar-refractivity contribution in [3.63, 3.8) is 0 Å². The highest BCUT2D eigenvalue weighted by molar-refractivity contribution is 9.10. The third-order valence-corrected chi connectivity index (χ3v) is 6.36. The molecular formula is C25H24BrNO4. The van der Waals surface area contributed by atoms with Gasteiger partial charge in [0.25, 0.3) is 0 Å². The first kappa shape index (κ1) is 21.6. The van der Waals surface area contributed by atoms with E-state index in [0.717, 1.165) is 15.6 Å². The zero-order valence-corrected chi connectivity index (χ0v) is 18.5. The molecular weight excluding hydrogens is 458 g/mol. The van der Waals surface area contributed by atoms with Gasteiger partial charge < -0.3 is 20.3 Å². The monoisotopic (exact) mass is 481 g/mol. The molecule has 0 aromatic heterocycles. The summed E-state index contributed by atoms with van der Waals surface area (Å²) in [6.07, 6.45) is -2.39. The summed E-state index contributed by atoms with van der Waals surface area (Å²) in [5.41, 5.74) is 5.27. The SMILES string of the molecule is O=C(NCCC(O)C(O)c1ccccc1Br)OCC1c2ccccc2-c2ccccc21. The van der Waals surface area contributed by atoms with Crippen LogP contribution in [-0.2, 0) is 4.74 Å². The molecule has 6 heteroatoms. The molecule has 3 aromatic rings. The van der Waals surface area contributed by atoms with Crippen LogP contribution in [0.15, 0.2) is 77.3 Å². The molecule has 1 aliphatic rings. The molecule has 0 bridgehead atoms. The van der Waals surface area contributed by atoms with Gasteiger partial charge in [0.2, 0.25) is 0 Å². The number of aliphatic hydroxyl groups is 2. The Morgan fingerprint density at radius 3 is 2.16 bits per heavy atom. The predicted octanol–water partition coefficient (Wildman–Crippen LogP) is 4.77. The smallest absolute Gasteiger partial charge is 0.407 e. The highest BCUT2D eigenvalue weighted by Gasteiger charge is 2.29. The summed E-state index contributed by atoms with van der Waals surface area (Å²) >= 11 is 3.37. The first-order chi connectivity index (χ1) is 15.1. The third-order valence-electron chi connectivity index (χ3n) is 5.64. The molecule has 5 nitrogen and oxygen atoms in total. The topological polar surface area (TPSA) is 78.8 Å². The van der Waals surface area contributed by atoms with Crippen molar-refractivity contribution in [3.8, 4) is 11.1 Å². The van der Waals surface area contributed by atoms with Gasteiger partial charge in [0.1, 0.15) is 12.7 Å². The molecule has 0 saturated carbocycles. The molecule has 0 spiro atoms. The summed E-state index contributed by atoms with van der Waals surface area (Å²) < 4.78 is 6.21. The molecule has 0 heterocycles. The van der Waals surface area contributed by atoms with Crippen LogP contribution < -0.4 is 5.32 Å². The van der Waals surface area contributed by atoms with Crippen LogP contribution in [0.4, 0.5) is 4.79 Å². The Morgan fingerprint density at radius 1 is 0.935 bits per heavy atom. The van der Waals surface area contributed by atoms with Crippen molar-refractivity contribution in [3.05, 3.63) is 94.0 Å². The maximum atomic E-state index is 12.2. The number of aliphatic hydroxyl groups excluding tert-OH is 2. The molecule has 3 aromatic carbocycles. The van der Waals surface area contributed by atoms with E-state index in [1.807, 2.05) is 30.3 Å². The number of carbonyl (C=O) groups excluding carboxylic acids is 1. The molecule has 0 radical (unpaired) electrons. The number of alkyl carbamates (subject to hydrolysis) is 1. The number of halogens is 1. The average molecular weight is 482 g/mol. The Morgan fingerprint density at radius 2 is 1.52 bits per heavy atom. The predicted molar refractivity (Wildman–Crippen MR) is 123 cm³/mol. The zero-order chi connectivity index (χ0) is 21.8. The van der Waals surface area contributed by atoms with E-state index in [1.54, 1.807) is 18.2 Å². The summed E-state index contributed by atoms with van der Waals surface area (Å²) in [5, 5.41) is 23.3. The number of amides is 1. The Labute approximate surface area is 189 Å². The summed E-state index contributed by atoms with van der Waals surface area (Å²) in [4.78, 5) is 12.2. The molecule has 0 fully saturated rings. The zero-order valence-electron chi connectivity index (χ0n) is 16.9. The molecule has 0 saturated heterocycles. The van der Waals surface area contributed by atoms with Crippen molar-refractivity contribution >= 4 is 22.0 Å². The summed E-state index contributed by atoms with van der Waals surface area (Å²) in [7, 11) is 0. The lowest BCUT2D eigenvalue weighted by atomic mass is 9.98. The third kappa shape index (κ3) is 4.66. The lowest BCUT2D eigenvalue weighted by molar-refractivity contribution is 0.0132. The lowest BCUT2D eigenvalue weighted by Gasteiger charge is -2.19. The maximum absolute atomic E-state index is 12.2. The van der Waals surface area contributed by atoms with E-state index in [-0.39, 0.29) is 25.5 Å². The second-order valence-electron chi connectivity index (χ2n) is 7.57. The van der Waals surface area contributed by atoms with Crippen LogP contribution in [0.2, 0.25) is 0 Å². The minimum Gasteiger partial charge on any atom is -0.449 e. The molecule has 4 rings (SSSR count). The largest absolute Gasteiger partial charge is 0.449 e. The van der Waals surface area contributed by atoms with Crippen LogP contribution in [-0.4, -0.2) is 35.6 Å². The molecule has 1 aliphatic carbocycles. The molecule has 3 N–H and O–H groups in total. The number of hydrogen-bond acceptors (Lipinski definition) is 4. The Balaban J connectivity index is 1.29. The average Bonchev–Trinajstić information content (AvgIpc) is 3.11. The van der Waals surface area contributed by atoms with Gasteiger partial charge in [-0.3, -0.25) is 0 Å². The number of hydrogen-bond donors (Lipinski definition) is 3. The van der Waals surface area contributed by atoms with Gasteiger partial charge >= 0.3 is 6.09 Å². The van der Waals surface area contributed by atoms with E-state index in [1.165, 1.54) is 11.1 Å². The fourth-order valence-corrected chi connectivity index (χ4v) is 4.57. The van der Waals surface area contributed by atoms with Crippen LogP contribution in [0, 0.1) is 0 Å². The van der Waals surface area contributed by atoms with Crippen LogP contribution >= 0.6 is 15.9 Å². The number of rotatable bonds is 7. The Bertz CT molecular complexity index is 1030. The van der Waals surface area contributed by atoms with Crippen LogP contribution in [0.1, 0.15) is 35.1 Å². The second kappa shape index (κ2) is 9.64. The van der Waals surface area contributed by atoms with Crippen molar-refractivity contribution in [1.82, 2.24) is 5.32 Å². The Hall–Kier alpha value is -2.67. The van der Waals surface area contributed by atoms with Crippen LogP contribution in [0.25, 0.3) is 11.1 Å². The van der Waals surface area contributed by atoms with Crippen molar-refractivity contribution in [2.75, 3.05) is 13.2 Å². The van der Waals surface area contributed by atoms with E-state index in [0.29, 0.717) is 5.56 Å². The fraction of sp³-hybridized carbons (Fsp3) is 0.240. The first-order valence-electron chi connectivity index (χ1n) is 10.3. The minimum absolute atomic E-state index is 0.000920.